The minimum Gasteiger partial charge on any atom is -0.323 e. The van der Waals surface area contributed by atoms with E-state index >= 15 is 0 Å². The number of nitrogens with zero attached hydrogens (tertiary/aromatic N) is 2. The van der Waals surface area contributed by atoms with Crippen molar-refractivity contribution in [2.75, 3.05) is 6.54 Å². The van der Waals surface area contributed by atoms with Crippen LogP contribution in [0.2, 0.25) is 0 Å². The summed E-state index contributed by atoms with van der Waals surface area (Å²) in [5, 5.41) is 1.64. The lowest BCUT2D eigenvalue weighted by molar-refractivity contribution is 0.435. The molecule has 84 valence electrons. The van der Waals surface area contributed by atoms with Gasteiger partial charge in [0.25, 0.3) is 0 Å². The first-order valence-corrected chi connectivity index (χ1v) is 5.28. The van der Waals surface area contributed by atoms with Gasteiger partial charge in [0.05, 0.1) is 12.2 Å². The third-order valence-corrected chi connectivity index (χ3v) is 2.55. The third-order valence-electron chi connectivity index (χ3n) is 2.55. The van der Waals surface area contributed by atoms with Gasteiger partial charge in [-0.15, -0.1) is 0 Å². The third kappa shape index (κ3) is 2.29. The monoisotopic (exact) mass is 216 g/mol. The maximum absolute atomic E-state index is 5.81. The van der Waals surface area contributed by atoms with Crippen molar-refractivity contribution in [1.29, 1.82) is 0 Å². The van der Waals surface area contributed by atoms with Gasteiger partial charge < -0.3 is 10.7 Å². The van der Waals surface area contributed by atoms with Gasteiger partial charge in [-0.2, -0.15) is 0 Å². The van der Waals surface area contributed by atoms with E-state index in [0.29, 0.717) is 0 Å². The van der Waals surface area contributed by atoms with Gasteiger partial charge >= 0.3 is 0 Å². The summed E-state index contributed by atoms with van der Waals surface area (Å²) in [6.45, 7) is 2.65. The Labute approximate surface area is 95.2 Å². The fraction of sp³-hybridized carbons (Fsp3) is 0.250. The Hall–Kier alpha value is -1.65. The summed E-state index contributed by atoms with van der Waals surface area (Å²) >= 11 is 0. The Morgan fingerprint density at radius 3 is 2.94 bits per heavy atom. The lowest BCUT2D eigenvalue weighted by atomic mass is 10.0. The van der Waals surface area contributed by atoms with Crippen LogP contribution in [0.3, 0.4) is 0 Å². The quantitative estimate of drug-likeness (QED) is 0.729. The number of allylic oxidation sites excluding steroid dienone is 2. The number of nitrogens with two attached hydrogens (primary N) is 2. The van der Waals surface area contributed by atoms with Crippen molar-refractivity contribution in [3.63, 3.8) is 0 Å². The van der Waals surface area contributed by atoms with E-state index in [0.717, 1.165) is 23.4 Å². The van der Waals surface area contributed by atoms with Crippen molar-refractivity contribution in [2.45, 2.75) is 13.0 Å². The molecular formula is C12H16N4. The molecule has 0 bridgehead atoms. The first kappa shape index (κ1) is 10.9. The topological polar surface area (TPSA) is 68.2 Å². The lowest BCUT2D eigenvalue weighted by Gasteiger charge is -2.17. The molecule has 4 heteroatoms. The van der Waals surface area contributed by atoms with Gasteiger partial charge in [0.15, 0.2) is 0 Å². The zero-order chi connectivity index (χ0) is 11.5. The second-order valence-corrected chi connectivity index (χ2v) is 3.93. The summed E-state index contributed by atoms with van der Waals surface area (Å²) in [6, 6.07) is 3.96. The number of hydrogen-bond donors (Lipinski definition) is 2. The highest BCUT2D eigenvalue weighted by Gasteiger charge is 2.06. The summed E-state index contributed by atoms with van der Waals surface area (Å²) in [5.74, 6) is 5.62. The van der Waals surface area contributed by atoms with E-state index in [1.54, 1.807) is 11.2 Å². The highest BCUT2D eigenvalue weighted by Crippen LogP contribution is 2.20. The first-order chi connectivity index (χ1) is 7.66. The molecule has 0 aromatic carbocycles. The second-order valence-electron chi connectivity index (χ2n) is 3.93. The van der Waals surface area contributed by atoms with Crippen molar-refractivity contribution in [2.24, 2.45) is 11.6 Å². The molecule has 1 aliphatic rings. The van der Waals surface area contributed by atoms with E-state index in [4.69, 9.17) is 11.6 Å². The highest BCUT2D eigenvalue weighted by atomic mass is 15.4. The molecule has 0 spiro atoms. The molecule has 1 atom stereocenters. The van der Waals surface area contributed by atoms with Crippen LogP contribution < -0.4 is 11.6 Å². The molecule has 1 unspecified atom stereocenters. The fourth-order valence-electron chi connectivity index (χ4n) is 1.60. The Kier molecular flexibility index (Phi) is 3.03. The smallest absolute Gasteiger partial charge is 0.0574 e. The maximum atomic E-state index is 5.81. The number of aromatic nitrogens is 1. The molecule has 0 saturated carbocycles. The summed E-state index contributed by atoms with van der Waals surface area (Å²) in [6.07, 6.45) is 7.73. The predicted molar refractivity (Wildman–Crippen MR) is 64.8 cm³/mol. The SMILES string of the molecule is CC(N)c1cc(C2=CCN(N)C=C2)ccn1. The van der Waals surface area contributed by atoms with Crippen LogP contribution in [-0.2, 0) is 0 Å². The number of rotatable bonds is 2. The zero-order valence-corrected chi connectivity index (χ0v) is 9.30. The van der Waals surface area contributed by atoms with Crippen LogP contribution in [0.25, 0.3) is 5.57 Å². The van der Waals surface area contributed by atoms with Crippen molar-refractivity contribution in [3.05, 3.63) is 47.9 Å². The number of pyridine rings is 1. The molecule has 0 amide bonds. The van der Waals surface area contributed by atoms with Gasteiger partial charge in [-0.3, -0.25) is 4.98 Å². The van der Waals surface area contributed by atoms with E-state index in [9.17, 15) is 0 Å². The summed E-state index contributed by atoms with van der Waals surface area (Å²) in [5.41, 5.74) is 9.00. The highest BCUT2D eigenvalue weighted by molar-refractivity contribution is 5.74. The van der Waals surface area contributed by atoms with Gasteiger partial charge in [0.1, 0.15) is 0 Å². The number of hydrogen-bond acceptors (Lipinski definition) is 4. The summed E-state index contributed by atoms with van der Waals surface area (Å²) in [7, 11) is 0. The normalized spacial score (nSPS) is 17.2. The van der Waals surface area contributed by atoms with Crippen LogP contribution in [0, 0.1) is 0 Å². The van der Waals surface area contributed by atoms with Crippen LogP contribution >= 0.6 is 0 Å². The van der Waals surface area contributed by atoms with Crippen LogP contribution in [0.1, 0.15) is 24.2 Å². The standard InChI is InChI=1S/C12H16N4/c1-9(13)12-8-11(2-5-15-12)10-3-6-16(14)7-4-10/h2-6,8-9H,7,13-14H2,1H3. The largest absolute Gasteiger partial charge is 0.323 e. The molecule has 4 N–H and O–H groups in total. The van der Waals surface area contributed by atoms with Crippen molar-refractivity contribution < 1.29 is 0 Å². The Morgan fingerprint density at radius 1 is 1.50 bits per heavy atom. The first-order valence-electron chi connectivity index (χ1n) is 5.28. The lowest BCUT2D eigenvalue weighted by Crippen LogP contribution is -2.26. The average molecular weight is 216 g/mol. The average Bonchev–Trinajstić information content (AvgIpc) is 2.30. The molecule has 16 heavy (non-hydrogen) atoms. The van der Waals surface area contributed by atoms with Gasteiger partial charge in [0, 0.05) is 18.4 Å². The van der Waals surface area contributed by atoms with E-state index in [-0.39, 0.29) is 6.04 Å². The van der Waals surface area contributed by atoms with E-state index in [2.05, 4.69) is 11.1 Å². The van der Waals surface area contributed by atoms with Gasteiger partial charge in [-0.25, -0.2) is 5.84 Å². The number of hydrazine groups is 1. The Morgan fingerprint density at radius 2 is 2.31 bits per heavy atom. The van der Waals surface area contributed by atoms with E-state index in [1.807, 2.05) is 31.3 Å². The molecule has 2 rings (SSSR count). The molecule has 0 aliphatic carbocycles. The summed E-state index contributed by atoms with van der Waals surface area (Å²) in [4.78, 5) is 4.24. The molecule has 0 saturated heterocycles. The molecule has 2 heterocycles. The van der Waals surface area contributed by atoms with Gasteiger partial charge in [-0.1, -0.05) is 6.08 Å². The Balaban J connectivity index is 2.28. The molecule has 1 aromatic rings. The van der Waals surface area contributed by atoms with Crippen molar-refractivity contribution >= 4 is 5.57 Å². The minimum atomic E-state index is -0.0425. The van der Waals surface area contributed by atoms with Gasteiger partial charge in [0.2, 0.25) is 0 Å². The van der Waals surface area contributed by atoms with Crippen LogP contribution in [0.5, 0.6) is 0 Å². The zero-order valence-electron chi connectivity index (χ0n) is 9.30. The fourth-order valence-corrected chi connectivity index (χ4v) is 1.60. The molecule has 4 nitrogen and oxygen atoms in total. The summed E-state index contributed by atoms with van der Waals surface area (Å²) < 4.78 is 0. The van der Waals surface area contributed by atoms with Crippen LogP contribution in [-0.4, -0.2) is 16.5 Å². The second kappa shape index (κ2) is 4.47. The van der Waals surface area contributed by atoms with Gasteiger partial charge in [-0.05, 0) is 36.3 Å². The predicted octanol–water partition coefficient (Wildman–Crippen LogP) is 1.19. The Bertz CT molecular complexity index is 434. The molecule has 1 aliphatic heterocycles. The van der Waals surface area contributed by atoms with Crippen molar-refractivity contribution in [3.8, 4) is 0 Å². The van der Waals surface area contributed by atoms with Crippen molar-refractivity contribution in [1.82, 2.24) is 9.99 Å². The molecule has 0 fully saturated rings. The van der Waals surface area contributed by atoms with Crippen LogP contribution in [0.4, 0.5) is 0 Å². The molecule has 1 aromatic heterocycles. The van der Waals surface area contributed by atoms with E-state index in [1.165, 1.54) is 0 Å². The van der Waals surface area contributed by atoms with Crippen LogP contribution in [0.15, 0.2) is 36.7 Å². The maximum Gasteiger partial charge on any atom is 0.0574 e. The molecule has 0 radical (unpaired) electrons. The van der Waals surface area contributed by atoms with E-state index < -0.39 is 0 Å². The molecular weight excluding hydrogens is 200 g/mol. The minimum absolute atomic E-state index is 0.0425.